The summed E-state index contributed by atoms with van der Waals surface area (Å²) in [5, 5.41) is 18.2. The van der Waals surface area contributed by atoms with E-state index in [9.17, 15) is 9.59 Å². The van der Waals surface area contributed by atoms with Crippen LogP contribution in [0.25, 0.3) is 0 Å². The summed E-state index contributed by atoms with van der Waals surface area (Å²) in [5.74, 6) is -0.774. The molecule has 0 bridgehead atoms. The molecule has 0 aromatic rings. The third-order valence-electron chi connectivity index (χ3n) is 4.89. The summed E-state index contributed by atoms with van der Waals surface area (Å²) in [7, 11) is 0. The molecule has 0 saturated heterocycles. The number of hydrogen-bond donors (Lipinski definition) is 2. The molecule has 20 heavy (non-hydrogen) atoms. The second-order valence-corrected chi connectivity index (χ2v) is 6.35. The number of aliphatic hydroxyl groups is 1. The molecular formula is C15H25NO4. The van der Waals surface area contributed by atoms with E-state index in [4.69, 9.17) is 10.2 Å². The van der Waals surface area contributed by atoms with E-state index < -0.39 is 5.97 Å². The average Bonchev–Trinajstić information content (AvgIpc) is 2.73. The summed E-state index contributed by atoms with van der Waals surface area (Å²) in [5.41, 5.74) is -0.347. The maximum absolute atomic E-state index is 12.5. The first-order valence-corrected chi connectivity index (χ1v) is 7.68. The fourth-order valence-electron chi connectivity index (χ4n) is 3.60. The Morgan fingerprint density at radius 3 is 2.20 bits per heavy atom. The van der Waals surface area contributed by atoms with Crippen LogP contribution in [0.1, 0.15) is 57.8 Å². The van der Waals surface area contributed by atoms with Gasteiger partial charge in [-0.1, -0.05) is 12.8 Å². The monoisotopic (exact) mass is 283 g/mol. The van der Waals surface area contributed by atoms with Crippen molar-refractivity contribution < 1.29 is 19.8 Å². The number of carbonyl (C=O) groups excluding carboxylic acids is 1. The number of hydrogen-bond acceptors (Lipinski definition) is 3. The van der Waals surface area contributed by atoms with Crippen LogP contribution in [-0.4, -0.2) is 46.2 Å². The van der Waals surface area contributed by atoms with Gasteiger partial charge in [-0.05, 0) is 37.5 Å². The third kappa shape index (κ3) is 3.51. The van der Waals surface area contributed by atoms with Crippen LogP contribution in [0, 0.1) is 5.41 Å². The number of amides is 1. The molecule has 0 aromatic carbocycles. The number of aliphatic hydroxyl groups excluding tert-OH is 1. The minimum Gasteiger partial charge on any atom is -0.481 e. The molecule has 114 valence electrons. The molecule has 1 amide bonds. The largest absolute Gasteiger partial charge is 0.481 e. The van der Waals surface area contributed by atoms with Crippen LogP contribution in [0.3, 0.4) is 0 Å². The summed E-state index contributed by atoms with van der Waals surface area (Å²) >= 11 is 0. The van der Waals surface area contributed by atoms with E-state index in [1.807, 2.05) is 0 Å². The zero-order valence-corrected chi connectivity index (χ0v) is 12.0. The third-order valence-corrected chi connectivity index (χ3v) is 4.89. The van der Waals surface area contributed by atoms with Gasteiger partial charge in [0.05, 0.1) is 13.0 Å². The number of carboxylic acids is 1. The Morgan fingerprint density at radius 2 is 1.75 bits per heavy atom. The summed E-state index contributed by atoms with van der Waals surface area (Å²) in [6.07, 6.45) is 7.29. The zero-order valence-electron chi connectivity index (χ0n) is 12.0. The molecule has 2 saturated carbocycles. The minimum atomic E-state index is -0.808. The van der Waals surface area contributed by atoms with E-state index in [0.717, 1.165) is 44.9 Å². The Labute approximate surface area is 120 Å². The molecule has 5 nitrogen and oxygen atoms in total. The standard InChI is InChI=1S/C15H25NO4/c17-9-8-16(12-4-3-5-12)13(18)10-15(11-14(19)20)6-1-2-7-15/h12,17H,1-11H2,(H,19,20). The summed E-state index contributed by atoms with van der Waals surface area (Å²) in [4.78, 5) is 25.4. The molecule has 0 spiro atoms. The molecule has 0 radical (unpaired) electrons. The molecular weight excluding hydrogens is 258 g/mol. The predicted octanol–water partition coefficient (Wildman–Crippen LogP) is 1.78. The normalized spacial score (nSPS) is 21.4. The van der Waals surface area contributed by atoms with Crippen molar-refractivity contribution in [3.05, 3.63) is 0 Å². The molecule has 0 aliphatic heterocycles. The Morgan fingerprint density at radius 1 is 1.10 bits per heavy atom. The van der Waals surface area contributed by atoms with Crippen molar-refractivity contribution in [3.63, 3.8) is 0 Å². The number of nitrogens with zero attached hydrogens (tertiary/aromatic N) is 1. The van der Waals surface area contributed by atoms with Gasteiger partial charge in [-0.3, -0.25) is 9.59 Å². The van der Waals surface area contributed by atoms with Gasteiger partial charge < -0.3 is 15.1 Å². The van der Waals surface area contributed by atoms with Gasteiger partial charge in [0.15, 0.2) is 0 Å². The van der Waals surface area contributed by atoms with Crippen molar-refractivity contribution in [2.24, 2.45) is 5.41 Å². The first-order chi connectivity index (χ1) is 9.56. The maximum atomic E-state index is 12.5. The molecule has 5 heteroatoms. The topological polar surface area (TPSA) is 77.8 Å². The van der Waals surface area contributed by atoms with Crippen LogP contribution in [-0.2, 0) is 9.59 Å². The number of carboxylic acid groups (broad SMARTS) is 1. The van der Waals surface area contributed by atoms with Crippen molar-refractivity contribution in [2.75, 3.05) is 13.2 Å². The van der Waals surface area contributed by atoms with Crippen molar-refractivity contribution >= 4 is 11.9 Å². The Balaban J connectivity index is 2.00. The molecule has 0 unspecified atom stereocenters. The molecule has 2 aliphatic rings. The van der Waals surface area contributed by atoms with Gasteiger partial charge in [0.2, 0.25) is 5.91 Å². The second kappa shape index (κ2) is 6.57. The van der Waals surface area contributed by atoms with Crippen LogP contribution in [0.2, 0.25) is 0 Å². The highest BCUT2D eigenvalue weighted by molar-refractivity contribution is 5.78. The van der Waals surface area contributed by atoms with Crippen molar-refractivity contribution in [1.29, 1.82) is 0 Å². The summed E-state index contributed by atoms with van der Waals surface area (Å²) in [6, 6.07) is 0.262. The van der Waals surface area contributed by atoms with E-state index in [2.05, 4.69) is 0 Å². The molecule has 0 atom stereocenters. The minimum absolute atomic E-state index is 0.0197. The summed E-state index contributed by atoms with van der Waals surface area (Å²) < 4.78 is 0. The molecule has 0 heterocycles. The molecule has 2 fully saturated rings. The molecule has 2 rings (SSSR count). The van der Waals surface area contributed by atoms with Crippen LogP contribution in [0.4, 0.5) is 0 Å². The summed E-state index contributed by atoms with van der Waals surface area (Å²) in [6.45, 7) is 0.362. The van der Waals surface area contributed by atoms with Crippen molar-refractivity contribution in [3.8, 4) is 0 Å². The van der Waals surface area contributed by atoms with Crippen LogP contribution >= 0.6 is 0 Å². The van der Waals surface area contributed by atoms with Gasteiger partial charge in [-0.25, -0.2) is 0 Å². The fraction of sp³-hybridized carbons (Fsp3) is 0.867. The van der Waals surface area contributed by atoms with Gasteiger partial charge >= 0.3 is 5.97 Å². The SMILES string of the molecule is O=C(O)CC1(CC(=O)N(CCO)C2CCC2)CCCC1. The fourth-order valence-corrected chi connectivity index (χ4v) is 3.60. The Hall–Kier alpha value is -1.10. The van der Waals surface area contributed by atoms with Crippen LogP contribution < -0.4 is 0 Å². The highest BCUT2D eigenvalue weighted by Crippen LogP contribution is 2.44. The predicted molar refractivity (Wildman–Crippen MR) is 74.2 cm³/mol. The van der Waals surface area contributed by atoms with Gasteiger partial charge in [0.25, 0.3) is 0 Å². The molecule has 2 N–H and O–H groups in total. The van der Waals surface area contributed by atoms with E-state index >= 15 is 0 Å². The van der Waals surface area contributed by atoms with Gasteiger partial charge in [-0.2, -0.15) is 0 Å². The quantitative estimate of drug-likeness (QED) is 0.746. The first kappa shape index (κ1) is 15.3. The van der Waals surface area contributed by atoms with Crippen LogP contribution in [0.15, 0.2) is 0 Å². The van der Waals surface area contributed by atoms with Crippen LogP contribution in [0.5, 0.6) is 0 Å². The van der Waals surface area contributed by atoms with E-state index in [1.165, 1.54) is 0 Å². The van der Waals surface area contributed by atoms with Crippen molar-refractivity contribution in [1.82, 2.24) is 4.90 Å². The lowest BCUT2D eigenvalue weighted by molar-refractivity contribution is -0.143. The van der Waals surface area contributed by atoms with E-state index in [0.29, 0.717) is 13.0 Å². The maximum Gasteiger partial charge on any atom is 0.303 e. The van der Waals surface area contributed by atoms with Gasteiger partial charge in [0, 0.05) is 19.0 Å². The molecule has 0 aromatic heterocycles. The lowest BCUT2D eigenvalue weighted by Crippen LogP contribution is -2.47. The van der Waals surface area contributed by atoms with Gasteiger partial charge in [0.1, 0.15) is 0 Å². The second-order valence-electron chi connectivity index (χ2n) is 6.35. The van der Waals surface area contributed by atoms with Crippen molar-refractivity contribution in [2.45, 2.75) is 63.8 Å². The number of aliphatic carboxylic acids is 1. The smallest absolute Gasteiger partial charge is 0.303 e. The lowest BCUT2D eigenvalue weighted by Gasteiger charge is -2.39. The van der Waals surface area contributed by atoms with Gasteiger partial charge in [-0.15, -0.1) is 0 Å². The van der Waals surface area contributed by atoms with E-state index in [-0.39, 0.29) is 30.4 Å². The average molecular weight is 283 g/mol. The lowest BCUT2D eigenvalue weighted by atomic mass is 9.78. The number of rotatable bonds is 7. The molecule has 2 aliphatic carbocycles. The zero-order chi connectivity index (χ0) is 14.6. The number of carbonyl (C=O) groups is 2. The highest BCUT2D eigenvalue weighted by Gasteiger charge is 2.40. The van der Waals surface area contributed by atoms with E-state index in [1.54, 1.807) is 4.90 Å². The highest BCUT2D eigenvalue weighted by atomic mass is 16.4. The first-order valence-electron chi connectivity index (χ1n) is 7.68. The Kier molecular flexibility index (Phi) is 5.02. The Bertz CT molecular complexity index is 359.